The predicted molar refractivity (Wildman–Crippen MR) is 101 cm³/mol. The van der Waals surface area contributed by atoms with Gasteiger partial charge in [0, 0.05) is 11.7 Å². The van der Waals surface area contributed by atoms with E-state index in [4.69, 9.17) is 9.47 Å². The molecule has 0 aromatic heterocycles. The van der Waals surface area contributed by atoms with Gasteiger partial charge in [0.25, 0.3) is 5.91 Å². The van der Waals surface area contributed by atoms with Gasteiger partial charge in [0.05, 0.1) is 19.3 Å². The zero-order valence-electron chi connectivity index (χ0n) is 15.2. The van der Waals surface area contributed by atoms with E-state index in [9.17, 15) is 4.79 Å². The van der Waals surface area contributed by atoms with Gasteiger partial charge >= 0.3 is 0 Å². The van der Waals surface area contributed by atoms with Crippen LogP contribution in [0.15, 0.2) is 42.5 Å². The smallest absolute Gasteiger partial charge is 0.258 e. The van der Waals surface area contributed by atoms with Crippen molar-refractivity contribution in [1.82, 2.24) is 4.90 Å². The Labute approximate surface area is 153 Å². The van der Waals surface area contributed by atoms with Crippen molar-refractivity contribution in [1.29, 1.82) is 0 Å². The normalized spacial score (nSPS) is 18.9. The Morgan fingerprint density at radius 2 is 1.96 bits per heavy atom. The van der Waals surface area contributed by atoms with Crippen molar-refractivity contribution in [3.05, 3.63) is 53.6 Å². The molecule has 4 rings (SSSR count). The first-order valence-electron chi connectivity index (χ1n) is 9.22. The number of para-hydroxylation sites is 1. The fourth-order valence-electron chi connectivity index (χ4n) is 3.43. The molecule has 1 N–H and O–H groups in total. The van der Waals surface area contributed by atoms with Crippen LogP contribution in [0.5, 0.6) is 11.5 Å². The summed E-state index contributed by atoms with van der Waals surface area (Å²) in [5.41, 5.74) is 2.63. The Bertz CT molecular complexity index is 817. The van der Waals surface area contributed by atoms with E-state index < -0.39 is 0 Å². The fraction of sp³-hybridized carbons (Fsp3) is 0.381. The summed E-state index contributed by atoms with van der Waals surface area (Å²) < 4.78 is 11.3. The number of anilines is 1. The van der Waals surface area contributed by atoms with Crippen LogP contribution in [0, 0.1) is 0 Å². The topological polar surface area (TPSA) is 50.8 Å². The molecule has 1 aliphatic carbocycles. The highest BCUT2D eigenvalue weighted by Gasteiger charge is 2.42. The zero-order valence-corrected chi connectivity index (χ0v) is 15.2. The highest BCUT2D eigenvalue weighted by molar-refractivity contribution is 6.02. The van der Waals surface area contributed by atoms with Crippen molar-refractivity contribution in [3.63, 3.8) is 0 Å². The molecule has 1 amide bonds. The minimum Gasteiger partial charge on any atom is -0.493 e. The third kappa shape index (κ3) is 2.98. The maximum Gasteiger partial charge on any atom is 0.258 e. The van der Waals surface area contributed by atoms with Gasteiger partial charge in [0.15, 0.2) is 11.5 Å². The molecule has 0 bridgehead atoms. The Balaban J connectivity index is 1.72. The van der Waals surface area contributed by atoms with Gasteiger partial charge in [0.1, 0.15) is 6.17 Å². The van der Waals surface area contributed by atoms with Crippen LogP contribution in [0.2, 0.25) is 0 Å². The summed E-state index contributed by atoms with van der Waals surface area (Å²) in [6.45, 7) is 2.70. The van der Waals surface area contributed by atoms with E-state index in [1.165, 1.54) is 0 Å². The number of rotatable bonds is 6. The van der Waals surface area contributed by atoms with Crippen LogP contribution in [0.25, 0.3) is 0 Å². The number of benzene rings is 2. The Morgan fingerprint density at radius 1 is 1.15 bits per heavy atom. The van der Waals surface area contributed by atoms with Crippen molar-refractivity contribution in [2.24, 2.45) is 0 Å². The lowest BCUT2D eigenvalue weighted by Crippen LogP contribution is -2.44. The molecular weight excluding hydrogens is 328 g/mol. The standard InChI is InChI=1S/C21H24N2O3/c1-3-12-26-19-13-14(8-11-18(19)25-2)20-22-17-7-5-4-6-16(17)21(24)23(20)15-9-10-15/h4-8,11,13,15,20,22H,3,9-10,12H2,1-2H3/t20-/m0/s1. The van der Waals surface area contributed by atoms with Crippen molar-refractivity contribution in [3.8, 4) is 11.5 Å². The first-order chi connectivity index (χ1) is 12.7. The molecule has 1 saturated carbocycles. The predicted octanol–water partition coefficient (Wildman–Crippen LogP) is 4.21. The second kappa shape index (κ2) is 6.90. The van der Waals surface area contributed by atoms with Crippen LogP contribution >= 0.6 is 0 Å². The van der Waals surface area contributed by atoms with Crippen LogP contribution in [-0.2, 0) is 0 Å². The van der Waals surface area contributed by atoms with E-state index in [2.05, 4.69) is 12.2 Å². The number of ether oxygens (including phenoxy) is 2. The number of hydrogen-bond donors (Lipinski definition) is 1. The molecular formula is C21H24N2O3. The number of nitrogens with one attached hydrogen (secondary N) is 1. The summed E-state index contributed by atoms with van der Waals surface area (Å²) in [6, 6.07) is 13.9. The molecule has 136 valence electrons. The number of hydrogen-bond acceptors (Lipinski definition) is 4. The average molecular weight is 352 g/mol. The maximum absolute atomic E-state index is 13.1. The van der Waals surface area contributed by atoms with Gasteiger partial charge in [-0.15, -0.1) is 0 Å². The van der Waals surface area contributed by atoms with E-state index in [0.717, 1.165) is 41.8 Å². The van der Waals surface area contributed by atoms with E-state index in [0.29, 0.717) is 18.4 Å². The summed E-state index contributed by atoms with van der Waals surface area (Å²) in [7, 11) is 1.64. The SMILES string of the molecule is CCCOc1cc([C@H]2Nc3ccccc3C(=O)N2C2CC2)ccc1OC. The molecule has 1 fully saturated rings. The van der Waals surface area contributed by atoms with Gasteiger partial charge in [-0.05, 0) is 49.1 Å². The average Bonchev–Trinajstić information content (AvgIpc) is 3.51. The molecule has 1 aliphatic heterocycles. The van der Waals surface area contributed by atoms with Crippen LogP contribution in [0.3, 0.4) is 0 Å². The summed E-state index contributed by atoms with van der Waals surface area (Å²) in [4.78, 5) is 15.1. The first-order valence-corrected chi connectivity index (χ1v) is 9.22. The van der Waals surface area contributed by atoms with Gasteiger partial charge in [-0.3, -0.25) is 4.79 Å². The largest absolute Gasteiger partial charge is 0.493 e. The third-order valence-electron chi connectivity index (χ3n) is 4.87. The highest BCUT2D eigenvalue weighted by atomic mass is 16.5. The molecule has 26 heavy (non-hydrogen) atoms. The Morgan fingerprint density at radius 3 is 2.69 bits per heavy atom. The van der Waals surface area contributed by atoms with Crippen LogP contribution in [0.4, 0.5) is 5.69 Å². The number of carbonyl (C=O) groups excluding carboxylic acids is 1. The molecule has 2 aromatic carbocycles. The number of fused-ring (bicyclic) bond motifs is 1. The monoisotopic (exact) mass is 352 g/mol. The maximum atomic E-state index is 13.1. The second-order valence-corrected chi connectivity index (χ2v) is 6.79. The molecule has 0 unspecified atom stereocenters. The van der Waals surface area contributed by atoms with Gasteiger partial charge in [-0.2, -0.15) is 0 Å². The van der Waals surface area contributed by atoms with Crippen molar-refractivity contribution >= 4 is 11.6 Å². The minimum atomic E-state index is -0.195. The lowest BCUT2D eigenvalue weighted by Gasteiger charge is -2.38. The zero-order chi connectivity index (χ0) is 18.1. The summed E-state index contributed by atoms with van der Waals surface area (Å²) in [5.74, 6) is 1.53. The number of methoxy groups -OCH3 is 1. The quantitative estimate of drug-likeness (QED) is 0.846. The van der Waals surface area contributed by atoms with Gasteiger partial charge in [-0.25, -0.2) is 0 Å². The Kier molecular flexibility index (Phi) is 4.45. The molecule has 2 aliphatic rings. The molecule has 5 heteroatoms. The van der Waals surface area contributed by atoms with Crippen LogP contribution in [0.1, 0.15) is 48.3 Å². The molecule has 0 saturated heterocycles. The van der Waals surface area contributed by atoms with Gasteiger partial charge in [-0.1, -0.05) is 25.1 Å². The van der Waals surface area contributed by atoms with E-state index in [1.54, 1.807) is 7.11 Å². The molecule has 1 heterocycles. The molecule has 1 atom stereocenters. The van der Waals surface area contributed by atoms with E-state index in [1.807, 2.05) is 47.4 Å². The van der Waals surface area contributed by atoms with Gasteiger partial charge < -0.3 is 19.7 Å². The summed E-state index contributed by atoms with van der Waals surface area (Å²) >= 11 is 0. The molecule has 0 radical (unpaired) electrons. The molecule has 0 spiro atoms. The van der Waals surface area contributed by atoms with E-state index in [-0.39, 0.29) is 12.1 Å². The van der Waals surface area contributed by atoms with E-state index >= 15 is 0 Å². The first kappa shape index (κ1) is 16.8. The lowest BCUT2D eigenvalue weighted by molar-refractivity contribution is 0.0666. The molecule has 2 aromatic rings. The number of amides is 1. The van der Waals surface area contributed by atoms with Crippen molar-refractivity contribution < 1.29 is 14.3 Å². The highest BCUT2D eigenvalue weighted by Crippen LogP contribution is 2.42. The van der Waals surface area contributed by atoms with Crippen LogP contribution < -0.4 is 14.8 Å². The number of nitrogens with zero attached hydrogens (tertiary/aromatic N) is 1. The van der Waals surface area contributed by atoms with Gasteiger partial charge in [0.2, 0.25) is 0 Å². The second-order valence-electron chi connectivity index (χ2n) is 6.79. The third-order valence-corrected chi connectivity index (χ3v) is 4.87. The molecule has 5 nitrogen and oxygen atoms in total. The minimum absolute atomic E-state index is 0.0960. The number of carbonyl (C=O) groups is 1. The summed E-state index contributed by atoms with van der Waals surface area (Å²) in [5, 5.41) is 3.54. The Hall–Kier alpha value is -2.69. The lowest BCUT2D eigenvalue weighted by atomic mass is 10.0. The van der Waals surface area contributed by atoms with Crippen LogP contribution in [-0.4, -0.2) is 30.6 Å². The summed E-state index contributed by atoms with van der Waals surface area (Å²) in [6.07, 6.45) is 2.85. The van der Waals surface area contributed by atoms with Crippen molar-refractivity contribution in [2.45, 2.75) is 38.4 Å². The fourth-order valence-corrected chi connectivity index (χ4v) is 3.43. The van der Waals surface area contributed by atoms with Crippen molar-refractivity contribution in [2.75, 3.05) is 19.0 Å².